The van der Waals surface area contributed by atoms with E-state index in [9.17, 15) is 9.59 Å². The maximum absolute atomic E-state index is 12.8. The zero-order valence-electron chi connectivity index (χ0n) is 26.0. The molecule has 1 aliphatic rings. The molecule has 0 saturated heterocycles. The lowest BCUT2D eigenvalue weighted by atomic mass is 9.95. The Morgan fingerprint density at radius 2 is 1.77 bits per heavy atom. The molecule has 242 valence electrons. The normalized spacial score (nSPS) is 14.4. The zero-order valence-corrected chi connectivity index (χ0v) is 28.4. The standard InChI is InChI=1S/C35H33BrN4O6S/c1-4-44-34(42)31-21(2)38-35(47)39-32(31)26-11-7-8-12-28(26)45-20-30(41)40-37-18-23-16-27(36)33(29(17-23)43-3)46-19-22-13-14-24-9-5-6-10-25(24)15-22/h5-18,32H,4,19-20H2,1-3H3,(H,40,41)(H2,38,39,47)/t32-/m0/s1. The lowest BCUT2D eigenvalue weighted by Gasteiger charge is -2.30. The third-order valence-corrected chi connectivity index (χ3v) is 8.01. The van der Waals surface area contributed by atoms with Gasteiger partial charge < -0.3 is 29.6 Å². The van der Waals surface area contributed by atoms with Crippen LogP contribution in [0, 0.1) is 0 Å². The minimum atomic E-state index is -0.631. The summed E-state index contributed by atoms with van der Waals surface area (Å²) in [5.41, 5.74) is 5.74. The van der Waals surface area contributed by atoms with Crippen molar-refractivity contribution in [1.82, 2.24) is 16.1 Å². The van der Waals surface area contributed by atoms with Crippen molar-refractivity contribution in [2.75, 3.05) is 20.3 Å². The number of benzene rings is 4. The van der Waals surface area contributed by atoms with E-state index in [2.05, 4.69) is 61.4 Å². The molecular formula is C35H33BrN4O6S. The van der Waals surface area contributed by atoms with E-state index in [4.69, 9.17) is 31.2 Å². The Morgan fingerprint density at radius 3 is 2.55 bits per heavy atom. The van der Waals surface area contributed by atoms with Gasteiger partial charge in [0.2, 0.25) is 0 Å². The molecule has 0 aromatic heterocycles. The number of halogens is 1. The number of carbonyl (C=O) groups excluding carboxylic acids is 2. The molecule has 1 aliphatic heterocycles. The van der Waals surface area contributed by atoms with Crippen molar-refractivity contribution >= 4 is 62.1 Å². The number of hydrogen-bond donors (Lipinski definition) is 3. The molecule has 4 aromatic carbocycles. The van der Waals surface area contributed by atoms with Gasteiger partial charge in [-0.15, -0.1) is 0 Å². The molecular weight excluding hydrogens is 684 g/mol. The summed E-state index contributed by atoms with van der Waals surface area (Å²) in [7, 11) is 1.56. The van der Waals surface area contributed by atoms with Crippen molar-refractivity contribution in [1.29, 1.82) is 0 Å². The number of amides is 1. The molecule has 0 aliphatic carbocycles. The molecule has 47 heavy (non-hydrogen) atoms. The van der Waals surface area contributed by atoms with Crippen LogP contribution in [0.1, 0.15) is 36.6 Å². The van der Waals surface area contributed by atoms with E-state index < -0.39 is 17.9 Å². The van der Waals surface area contributed by atoms with Crippen LogP contribution in [0.2, 0.25) is 0 Å². The number of fused-ring (bicyclic) bond motifs is 1. The minimum Gasteiger partial charge on any atom is -0.493 e. The third kappa shape index (κ3) is 8.27. The van der Waals surface area contributed by atoms with Gasteiger partial charge in [0.25, 0.3) is 5.91 Å². The SMILES string of the molecule is CCOC(=O)C1=C(C)NC(=S)N[C@H]1c1ccccc1OCC(=O)NN=Cc1cc(Br)c(OCc2ccc3ccccc3c2)c(OC)c1. The van der Waals surface area contributed by atoms with E-state index >= 15 is 0 Å². The molecule has 1 atom stereocenters. The Bertz CT molecular complexity index is 1880. The van der Waals surface area contributed by atoms with Crippen LogP contribution in [0.25, 0.3) is 10.8 Å². The van der Waals surface area contributed by atoms with Crippen molar-refractivity contribution in [2.24, 2.45) is 5.10 Å². The van der Waals surface area contributed by atoms with Gasteiger partial charge in [-0.05, 0) is 88.2 Å². The van der Waals surface area contributed by atoms with Gasteiger partial charge in [-0.1, -0.05) is 54.6 Å². The average molecular weight is 718 g/mol. The molecule has 10 nitrogen and oxygen atoms in total. The van der Waals surface area contributed by atoms with Gasteiger partial charge in [0.1, 0.15) is 12.4 Å². The van der Waals surface area contributed by atoms with Crippen LogP contribution in [0.4, 0.5) is 0 Å². The zero-order chi connectivity index (χ0) is 33.3. The number of nitrogens with zero attached hydrogens (tertiary/aromatic N) is 1. The summed E-state index contributed by atoms with van der Waals surface area (Å²) in [4.78, 5) is 25.4. The number of rotatable bonds is 12. The second-order valence-corrected chi connectivity index (χ2v) is 11.7. The van der Waals surface area contributed by atoms with Crippen molar-refractivity contribution in [3.8, 4) is 17.2 Å². The molecule has 1 heterocycles. The summed E-state index contributed by atoms with van der Waals surface area (Å²) in [6.07, 6.45) is 1.49. The van der Waals surface area contributed by atoms with E-state index in [1.807, 2.05) is 30.3 Å². The van der Waals surface area contributed by atoms with Crippen molar-refractivity contribution in [3.63, 3.8) is 0 Å². The fraction of sp³-hybridized carbons (Fsp3) is 0.200. The number of para-hydroxylation sites is 1. The number of hydrazone groups is 1. The van der Waals surface area contributed by atoms with Gasteiger partial charge in [0.05, 0.1) is 36.0 Å². The Balaban J connectivity index is 1.21. The first-order valence-electron chi connectivity index (χ1n) is 14.7. The minimum absolute atomic E-state index is 0.222. The fourth-order valence-corrected chi connectivity index (χ4v) is 5.89. The highest BCUT2D eigenvalue weighted by atomic mass is 79.9. The van der Waals surface area contributed by atoms with E-state index in [1.165, 1.54) is 11.6 Å². The summed E-state index contributed by atoms with van der Waals surface area (Å²) in [6, 6.07) is 24.4. The first-order valence-corrected chi connectivity index (χ1v) is 15.9. The van der Waals surface area contributed by atoms with Crippen molar-refractivity contribution < 1.29 is 28.5 Å². The molecule has 12 heteroatoms. The fourth-order valence-electron chi connectivity index (χ4n) is 5.05. The molecule has 5 rings (SSSR count). The summed E-state index contributed by atoms with van der Waals surface area (Å²) >= 11 is 8.90. The number of thiocarbonyl (C=S) groups is 1. The second kappa shape index (κ2) is 15.6. The molecule has 0 fully saturated rings. The average Bonchev–Trinajstić information content (AvgIpc) is 3.06. The topological polar surface area (TPSA) is 120 Å². The van der Waals surface area contributed by atoms with Crippen LogP contribution in [0.3, 0.4) is 0 Å². The molecule has 0 saturated carbocycles. The van der Waals surface area contributed by atoms with Crippen molar-refractivity contribution in [3.05, 3.63) is 111 Å². The smallest absolute Gasteiger partial charge is 0.338 e. The first-order chi connectivity index (χ1) is 22.8. The monoisotopic (exact) mass is 716 g/mol. The summed E-state index contributed by atoms with van der Waals surface area (Å²) in [5, 5.41) is 12.8. The van der Waals surface area contributed by atoms with Crippen molar-refractivity contribution in [2.45, 2.75) is 26.5 Å². The quantitative estimate of drug-likeness (QED) is 0.0694. The largest absolute Gasteiger partial charge is 0.493 e. The highest BCUT2D eigenvalue weighted by Gasteiger charge is 2.32. The Labute approximate surface area is 286 Å². The van der Waals surface area contributed by atoms with Gasteiger partial charge in [-0.3, -0.25) is 4.79 Å². The molecule has 1 amide bonds. The molecule has 4 aromatic rings. The van der Waals surface area contributed by atoms with Gasteiger partial charge in [0, 0.05) is 11.3 Å². The number of methoxy groups -OCH3 is 1. The van der Waals surface area contributed by atoms with E-state index in [1.54, 1.807) is 45.2 Å². The number of allylic oxidation sites excluding steroid dienone is 1. The molecule has 3 N–H and O–H groups in total. The second-order valence-electron chi connectivity index (χ2n) is 10.4. The van der Waals surface area contributed by atoms with Gasteiger partial charge >= 0.3 is 5.97 Å². The molecule has 0 bridgehead atoms. The maximum atomic E-state index is 12.8. The summed E-state index contributed by atoms with van der Waals surface area (Å²) in [6.45, 7) is 3.74. The van der Waals surface area contributed by atoms with Crippen LogP contribution in [0.15, 0.2) is 99.7 Å². The third-order valence-electron chi connectivity index (χ3n) is 7.20. The first kappa shape index (κ1) is 33.4. The van der Waals surface area contributed by atoms with Gasteiger partial charge in [-0.25, -0.2) is 10.2 Å². The summed E-state index contributed by atoms with van der Waals surface area (Å²) in [5.74, 6) is 0.492. The van der Waals surface area contributed by atoms with Gasteiger partial charge in [0.15, 0.2) is 23.2 Å². The Morgan fingerprint density at radius 1 is 1.00 bits per heavy atom. The molecule has 0 radical (unpaired) electrons. The van der Waals surface area contributed by atoms with Crippen LogP contribution >= 0.6 is 28.1 Å². The number of esters is 1. The number of nitrogens with one attached hydrogen (secondary N) is 3. The Hall–Kier alpha value is -4.94. The van der Waals surface area contributed by atoms with Gasteiger partial charge in [-0.2, -0.15) is 5.10 Å². The van der Waals surface area contributed by atoms with E-state index in [0.717, 1.165) is 10.9 Å². The maximum Gasteiger partial charge on any atom is 0.338 e. The molecule has 0 spiro atoms. The Kier molecular flexibility index (Phi) is 11.1. The lowest BCUT2D eigenvalue weighted by molar-refractivity contribution is -0.139. The van der Waals surface area contributed by atoms with Crippen LogP contribution in [0.5, 0.6) is 17.2 Å². The highest BCUT2D eigenvalue weighted by Crippen LogP contribution is 2.37. The number of ether oxygens (including phenoxy) is 4. The van der Waals surface area contributed by atoms with E-state index in [0.29, 0.717) is 55.8 Å². The van der Waals surface area contributed by atoms with E-state index in [-0.39, 0.29) is 13.2 Å². The molecule has 0 unspecified atom stereocenters. The number of hydrogen-bond acceptors (Lipinski definition) is 8. The van der Waals surface area contributed by atoms with Crippen LogP contribution in [-0.4, -0.2) is 43.5 Å². The lowest BCUT2D eigenvalue weighted by Crippen LogP contribution is -2.45. The highest BCUT2D eigenvalue weighted by molar-refractivity contribution is 9.10. The summed E-state index contributed by atoms with van der Waals surface area (Å²) < 4.78 is 23.5. The number of carbonyl (C=O) groups is 2. The van der Waals surface area contributed by atoms with Crippen LogP contribution < -0.4 is 30.3 Å². The predicted octanol–water partition coefficient (Wildman–Crippen LogP) is 6.07. The van der Waals surface area contributed by atoms with Crippen LogP contribution in [-0.2, 0) is 20.9 Å². The predicted molar refractivity (Wildman–Crippen MR) is 188 cm³/mol.